The van der Waals surface area contributed by atoms with Gasteiger partial charge in [-0.1, -0.05) is 18.2 Å². The first-order chi connectivity index (χ1) is 10.1. The summed E-state index contributed by atoms with van der Waals surface area (Å²) in [4.78, 5) is 13.0. The summed E-state index contributed by atoms with van der Waals surface area (Å²) in [6, 6.07) is 9.83. The van der Waals surface area contributed by atoms with Crippen molar-refractivity contribution in [2.24, 2.45) is 0 Å². The number of para-hydroxylation sites is 1. The van der Waals surface area contributed by atoms with Gasteiger partial charge in [0.15, 0.2) is 0 Å². The van der Waals surface area contributed by atoms with Crippen molar-refractivity contribution >= 4 is 5.97 Å². The molecule has 1 atom stereocenters. The SMILES string of the molecule is CC1(NCC(=O)O)CCN(CCCOc2ccccc2)C1. The van der Waals surface area contributed by atoms with E-state index in [-0.39, 0.29) is 12.1 Å². The van der Waals surface area contributed by atoms with Gasteiger partial charge in [-0.25, -0.2) is 0 Å². The van der Waals surface area contributed by atoms with E-state index >= 15 is 0 Å². The number of likely N-dealkylation sites (tertiary alicyclic amines) is 1. The molecule has 116 valence electrons. The average Bonchev–Trinajstić information content (AvgIpc) is 2.85. The molecule has 0 saturated carbocycles. The predicted molar refractivity (Wildman–Crippen MR) is 81.7 cm³/mol. The van der Waals surface area contributed by atoms with Crippen LogP contribution in [-0.4, -0.2) is 54.3 Å². The summed E-state index contributed by atoms with van der Waals surface area (Å²) in [6.45, 7) is 5.72. The van der Waals surface area contributed by atoms with E-state index in [1.54, 1.807) is 0 Å². The maximum absolute atomic E-state index is 10.6. The van der Waals surface area contributed by atoms with Gasteiger partial charge in [0.25, 0.3) is 0 Å². The molecule has 1 aromatic rings. The first-order valence-corrected chi connectivity index (χ1v) is 7.44. The lowest BCUT2D eigenvalue weighted by molar-refractivity contribution is -0.136. The fourth-order valence-corrected chi connectivity index (χ4v) is 2.68. The zero-order chi connectivity index (χ0) is 15.1. The number of benzene rings is 1. The van der Waals surface area contributed by atoms with E-state index in [4.69, 9.17) is 9.84 Å². The molecule has 1 heterocycles. The van der Waals surface area contributed by atoms with E-state index in [2.05, 4.69) is 17.1 Å². The summed E-state index contributed by atoms with van der Waals surface area (Å²) >= 11 is 0. The summed E-state index contributed by atoms with van der Waals surface area (Å²) in [5.41, 5.74) is -0.0846. The van der Waals surface area contributed by atoms with Crippen LogP contribution in [0, 0.1) is 0 Å². The highest BCUT2D eigenvalue weighted by atomic mass is 16.5. The highest BCUT2D eigenvalue weighted by Crippen LogP contribution is 2.20. The van der Waals surface area contributed by atoms with Crippen LogP contribution in [0.25, 0.3) is 0 Å². The number of carboxylic acid groups (broad SMARTS) is 1. The molecule has 1 aliphatic rings. The van der Waals surface area contributed by atoms with E-state index < -0.39 is 5.97 Å². The van der Waals surface area contributed by atoms with E-state index in [0.717, 1.165) is 38.2 Å². The highest BCUT2D eigenvalue weighted by Gasteiger charge is 2.33. The molecule has 0 spiro atoms. The van der Waals surface area contributed by atoms with Gasteiger partial charge in [-0.15, -0.1) is 0 Å². The van der Waals surface area contributed by atoms with Gasteiger partial charge in [0.2, 0.25) is 0 Å². The number of nitrogens with one attached hydrogen (secondary N) is 1. The van der Waals surface area contributed by atoms with Gasteiger partial charge in [0.05, 0.1) is 13.2 Å². The molecule has 0 amide bonds. The van der Waals surface area contributed by atoms with Crippen molar-refractivity contribution in [2.45, 2.75) is 25.3 Å². The molecule has 21 heavy (non-hydrogen) atoms. The smallest absolute Gasteiger partial charge is 0.317 e. The summed E-state index contributed by atoms with van der Waals surface area (Å²) in [7, 11) is 0. The molecule has 0 radical (unpaired) electrons. The van der Waals surface area contributed by atoms with Gasteiger partial charge < -0.3 is 20.1 Å². The Morgan fingerprint density at radius 2 is 2.19 bits per heavy atom. The maximum atomic E-state index is 10.6. The number of nitrogens with zero attached hydrogens (tertiary/aromatic N) is 1. The van der Waals surface area contributed by atoms with E-state index in [0.29, 0.717) is 6.61 Å². The largest absolute Gasteiger partial charge is 0.494 e. The fourth-order valence-electron chi connectivity index (χ4n) is 2.68. The number of aliphatic carboxylic acids is 1. The highest BCUT2D eigenvalue weighted by molar-refractivity contribution is 5.69. The third-order valence-corrected chi connectivity index (χ3v) is 3.85. The zero-order valence-corrected chi connectivity index (χ0v) is 12.5. The minimum absolute atomic E-state index is 0.0292. The van der Waals surface area contributed by atoms with Gasteiger partial charge in [-0.2, -0.15) is 0 Å². The van der Waals surface area contributed by atoms with Crippen molar-refractivity contribution in [3.05, 3.63) is 30.3 Å². The molecule has 2 rings (SSSR count). The van der Waals surface area contributed by atoms with Crippen LogP contribution in [-0.2, 0) is 4.79 Å². The van der Waals surface area contributed by atoms with Gasteiger partial charge in [-0.05, 0) is 31.9 Å². The second-order valence-electron chi connectivity index (χ2n) is 5.85. The number of hydrogen-bond acceptors (Lipinski definition) is 4. The lowest BCUT2D eigenvalue weighted by atomic mass is 10.0. The molecule has 0 aliphatic carbocycles. The molecule has 1 unspecified atom stereocenters. The Bertz CT molecular complexity index is 452. The minimum atomic E-state index is -0.800. The Morgan fingerprint density at radius 1 is 1.43 bits per heavy atom. The van der Waals surface area contributed by atoms with Crippen LogP contribution in [0.1, 0.15) is 19.8 Å². The molecule has 0 aromatic heterocycles. The van der Waals surface area contributed by atoms with Crippen LogP contribution in [0.4, 0.5) is 0 Å². The minimum Gasteiger partial charge on any atom is -0.494 e. The van der Waals surface area contributed by atoms with Gasteiger partial charge >= 0.3 is 5.97 Å². The molecule has 1 saturated heterocycles. The van der Waals surface area contributed by atoms with Crippen LogP contribution >= 0.6 is 0 Å². The van der Waals surface area contributed by atoms with Gasteiger partial charge in [-0.3, -0.25) is 4.79 Å². The average molecular weight is 292 g/mol. The normalized spacial score (nSPS) is 22.3. The van der Waals surface area contributed by atoms with Crippen LogP contribution in [0.15, 0.2) is 30.3 Å². The number of rotatable bonds is 8. The van der Waals surface area contributed by atoms with Crippen molar-refractivity contribution in [3.63, 3.8) is 0 Å². The van der Waals surface area contributed by atoms with Crippen LogP contribution < -0.4 is 10.1 Å². The predicted octanol–water partition coefficient (Wildman–Crippen LogP) is 1.59. The zero-order valence-electron chi connectivity index (χ0n) is 12.5. The molecule has 1 aromatic carbocycles. The molecule has 1 fully saturated rings. The van der Waals surface area contributed by atoms with Crippen molar-refractivity contribution < 1.29 is 14.6 Å². The first kappa shape index (κ1) is 15.8. The molecular weight excluding hydrogens is 268 g/mol. The van der Waals surface area contributed by atoms with Crippen molar-refractivity contribution in [1.82, 2.24) is 10.2 Å². The summed E-state index contributed by atoms with van der Waals surface area (Å²) < 4.78 is 5.68. The third-order valence-electron chi connectivity index (χ3n) is 3.85. The van der Waals surface area contributed by atoms with Crippen LogP contribution in [0.5, 0.6) is 5.75 Å². The van der Waals surface area contributed by atoms with E-state index in [1.165, 1.54) is 0 Å². The van der Waals surface area contributed by atoms with E-state index in [1.807, 2.05) is 30.3 Å². The monoisotopic (exact) mass is 292 g/mol. The van der Waals surface area contributed by atoms with Crippen molar-refractivity contribution in [2.75, 3.05) is 32.8 Å². The first-order valence-electron chi connectivity index (χ1n) is 7.44. The van der Waals surface area contributed by atoms with Crippen LogP contribution in [0.3, 0.4) is 0 Å². The summed E-state index contributed by atoms with van der Waals surface area (Å²) in [5.74, 6) is 0.109. The second kappa shape index (κ2) is 7.43. The fraction of sp³-hybridized carbons (Fsp3) is 0.562. The molecule has 2 N–H and O–H groups in total. The Hall–Kier alpha value is -1.59. The number of ether oxygens (including phenoxy) is 1. The Balaban J connectivity index is 1.63. The Morgan fingerprint density at radius 3 is 2.90 bits per heavy atom. The Kier molecular flexibility index (Phi) is 5.59. The van der Waals surface area contributed by atoms with Crippen molar-refractivity contribution in [3.8, 4) is 5.75 Å². The standard InChI is InChI=1S/C16H24N2O3/c1-16(17-12-15(19)20)8-10-18(13-16)9-5-11-21-14-6-3-2-4-7-14/h2-4,6-7,17H,5,8-13H2,1H3,(H,19,20). The quantitative estimate of drug-likeness (QED) is 0.713. The summed E-state index contributed by atoms with van der Waals surface area (Å²) in [5, 5.41) is 11.9. The Labute approximate surface area is 125 Å². The van der Waals surface area contributed by atoms with Gasteiger partial charge in [0, 0.05) is 25.2 Å². The third kappa shape index (κ3) is 5.36. The summed E-state index contributed by atoms with van der Waals surface area (Å²) in [6.07, 6.45) is 1.96. The van der Waals surface area contributed by atoms with Gasteiger partial charge in [0.1, 0.15) is 5.75 Å². The molecule has 0 bridgehead atoms. The molecular formula is C16H24N2O3. The lowest BCUT2D eigenvalue weighted by Crippen LogP contribution is -2.47. The van der Waals surface area contributed by atoms with E-state index in [9.17, 15) is 4.79 Å². The number of carbonyl (C=O) groups is 1. The number of hydrogen-bond donors (Lipinski definition) is 2. The van der Waals surface area contributed by atoms with Crippen molar-refractivity contribution in [1.29, 1.82) is 0 Å². The lowest BCUT2D eigenvalue weighted by Gasteiger charge is -2.25. The second-order valence-corrected chi connectivity index (χ2v) is 5.85. The maximum Gasteiger partial charge on any atom is 0.317 e. The van der Waals surface area contributed by atoms with Crippen LogP contribution in [0.2, 0.25) is 0 Å². The molecule has 5 heteroatoms. The molecule has 5 nitrogen and oxygen atoms in total. The molecule has 1 aliphatic heterocycles. The number of carboxylic acids is 1. The topological polar surface area (TPSA) is 61.8 Å².